The zero-order chi connectivity index (χ0) is 15.0. The van der Waals surface area contributed by atoms with Crippen molar-refractivity contribution in [2.45, 2.75) is 25.8 Å². The van der Waals surface area contributed by atoms with Crippen molar-refractivity contribution in [3.05, 3.63) is 17.2 Å². The summed E-state index contributed by atoms with van der Waals surface area (Å²) in [5.74, 6) is -0.344. The molecule has 2 amide bonds. The van der Waals surface area contributed by atoms with Crippen LogP contribution in [0.15, 0.2) is 12.1 Å². The van der Waals surface area contributed by atoms with Crippen molar-refractivity contribution < 1.29 is 9.59 Å². The van der Waals surface area contributed by atoms with Gasteiger partial charge >= 0.3 is 0 Å². The van der Waals surface area contributed by atoms with Gasteiger partial charge in [-0.25, -0.2) is 0 Å². The standard InChI is InChI=1S/C13H13ClN4O2S/c1-2-3-9-13(20)18(6-10(19)15-9)12-7(14)4-5-8-11(12)17-21-16-8/h4-5,9H,2-3,6H2,1H3,(H,15,19). The summed E-state index contributed by atoms with van der Waals surface area (Å²) in [6.07, 6.45) is 1.41. The fourth-order valence-electron chi connectivity index (χ4n) is 2.45. The maximum absolute atomic E-state index is 12.6. The Balaban J connectivity index is 2.08. The fourth-order valence-corrected chi connectivity index (χ4v) is 3.25. The lowest BCUT2D eigenvalue weighted by atomic mass is 10.1. The SMILES string of the molecule is CCCC1NC(=O)CN(c2c(Cl)ccc3nsnc23)C1=O. The summed E-state index contributed by atoms with van der Waals surface area (Å²) in [5, 5.41) is 3.12. The first-order valence-electron chi connectivity index (χ1n) is 6.63. The molecule has 21 heavy (non-hydrogen) atoms. The van der Waals surface area contributed by atoms with E-state index >= 15 is 0 Å². The summed E-state index contributed by atoms with van der Waals surface area (Å²) in [6.45, 7) is 1.92. The smallest absolute Gasteiger partial charge is 0.250 e. The molecule has 1 aliphatic heterocycles. The van der Waals surface area contributed by atoms with Crippen LogP contribution in [0, 0.1) is 0 Å². The van der Waals surface area contributed by atoms with Gasteiger partial charge in [-0.2, -0.15) is 8.75 Å². The first kappa shape index (κ1) is 14.2. The van der Waals surface area contributed by atoms with Gasteiger partial charge in [-0.1, -0.05) is 24.9 Å². The number of amides is 2. The zero-order valence-corrected chi connectivity index (χ0v) is 12.9. The van der Waals surface area contributed by atoms with Crippen molar-refractivity contribution in [2.75, 3.05) is 11.4 Å². The number of carbonyl (C=O) groups is 2. The zero-order valence-electron chi connectivity index (χ0n) is 11.3. The predicted octanol–water partition coefficient (Wildman–Crippen LogP) is 1.98. The fraction of sp³-hybridized carbons (Fsp3) is 0.385. The number of rotatable bonds is 3. The lowest BCUT2D eigenvalue weighted by Gasteiger charge is -2.32. The van der Waals surface area contributed by atoms with Gasteiger partial charge in [0, 0.05) is 0 Å². The van der Waals surface area contributed by atoms with Crippen LogP contribution < -0.4 is 10.2 Å². The second kappa shape index (κ2) is 5.57. The molecule has 1 saturated heterocycles. The summed E-state index contributed by atoms with van der Waals surface area (Å²) in [6, 6.07) is 2.92. The van der Waals surface area contributed by atoms with E-state index in [2.05, 4.69) is 14.1 Å². The van der Waals surface area contributed by atoms with Gasteiger partial charge in [-0.05, 0) is 18.6 Å². The van der Waals surface area contributed by atoms with Crippen LogP contribution in [-0.4, -0.2) is 33.1 Å². The van der Waals surface area contributed by atoms with Gasteiger partial charge < -0.3 is 5.32 Å². The average Bonchev–Trinajstić information content (AvgIpc) is 2.91. The number of fused-ring (bicyclic) bond motifs is 1. The van der Waals surface area contributed by atoms with E-state index in [1.54, 1.807) is 12.1 Å². The van der Waals surface area contributed by atoms with Gasteiger partial charge in [0.15, 0.2) is 0 Å². The molecule has 6 nitrogen and oxygen atoms in total. The highest BCUT2D eigenvalue weighted by Crippen LogP contribution is 2.34. The van der Waals surface area contributed by atoms with Gasteiger partial charge in [0.05, 0.1) is 22.4 Å². The Morgan fingerprint density at radius 2 is 2.24 bits per heavy atom. The molecule has 8 heteroatoms. The Hall–Kier alpha value is -1.73. The highest BCUT2D eigenvalue weighted by Gasteiger charge is 2.35. The molecule has 1 atom stereocenters. The summed E-state index contributed by atoms with van der Waals surface area (Å²) < 4.78 is 8.35. The van der Waals surface area contributed by atoms with Crippen LogP contribution in [0.2, 0.25) is 5.02 Å². The number of hydrogen-bond acceptors (Lipinski definition) is 5. The number of nitrogens with zero attached hydrogens (tertiary/aromatic N) is 3. The van der Waals surface area contributed by atoms with E-state index in [0.29, 0.717) is 28.2 Å². The monoisotopic (exact) mass is 324 g/mol. The van der Waals surface area contributed by atoms with Crippen molar-refractivity contribution in [1.82, 2.24) is 14.1 Å². The minimum absolute atomic E-state index is 0.0462. The minimum Gasteiger partial charge on any atom is -0.343 e. The molecule has 1 N–H and O–H groups in total. The molecule has 1 fully saturated rings. The number of aromatic nitrogens is 2. The summed E-state index contributed by atoms with van der Waals surface area (Å²) in [5.41, 5.74) is 1.71. The number of benzene rings is 1. The van der Waals surface area contributed by atoms with Crippen LogP contribution in [0.3, 0.4) is 0 Å². The van der Waals surface area contributed by atoms with Crippen molar-refractivity contribution in [2.24, 2.45) is 0 Å². The van der Waals surface area contributed by atoms with Crippen LogP contribution in [0.1, 0.15) is 19.8 Å². The number of halogens is 1. The second-order valence-corrected chi connectivity index (χ2v) is 5.80. The van der Waals surface area contributed by atoms with Crippen LogP contribution in [0.4, 0.5) is 5.69 Å². The third-order valence-corrected chi connectivity index (χ3v) is 4.25. The number of hydrogen-bond donors (Lipinski definition) is 1. The van der Waals surface area contributed by atoms with Gasteiger partial charge in [0.1, 0.15) is 23.6 Å². The van der Waals surface area contributed by atoms with Crippen molar-refractivity contribution >= 4 is 51.9 Å². The first-order valence-corrected chi connectivity index (χ1v) is 7.74. The minimum atomic E-state index is -0.505. The molecule has 0 spiro atoms. The van der Waals surface area contributed by atoms with E-state index in [1.807, 2.05) is 6.92 Å². The number of nitrogens with one attached hydrogen (secondary N) is 1. The molecule has 110 valence electrons. The number of carbonyl (C=O) groups excluding carboxylic acids is 2. The second-order valence-electron chi connectivity index (χ2n) is 4.86. The molecular formula is C13H13ClN4O2S. The van der Waals surface area contributed by atoms with Gasteiger partial charge in [-0.3, -0.25) is 14.5 Å². The molecule has 0 radical (unpaired) electrons. The van der Waals surface area contributed by atoms with E-state index in [-0.39, 0.29) is 18.4 Å². The summed E-state index contributed by atoms with van der Waals surface area (Å²) in [7, 11) is 0. The molecule has 1 aromatic carbocycles. The van der Waals surface area contributed by atoms with E-state index in [1.165, 1.54) is 4.90 Å². The van der Waals surface area contributed by atoms with Gasteiger partial charge in [0.2, 0.25) is 11.8 Å². The molecule has 0 aliphatic carbocycles. The molecule has 1 unspecified atom stereocenters. The molecular weight excluding hydrogens is 312 g/mol. The van der Waals surface area contributed by atoms with Crippen LogP contribution in [0.25, 0.3) is 11.0 Å². The highest BCUT2D eigenvalue weighted by atomic mass is 35.5. The summed E-state index contributed by atoms with van der Waals surface area (Å²) in [4.78, 5) is 25.9. The van der Waals surface area contributed by atoms with Crippen LogP contribution >= 0.6 is 23.3 Å². The van der Waals surface area contributed by atoms with Crippen molar-refractivity contribution in [3.8, 4) is 0 Å². The Labute approximate surface area is 130 Å². The molecule has 2 heterocycles. The Bertz CT molecular complexity index is 717. The number of piperazine rings is 1. The maximum Gasteiger partial charge on any atom is 0.250 e. The van der Waals surface area contributed by atoms with Crippen LogP contribution in [-0.2, 0) is 9.59 Å². The van der Waals surface area contributed by atoms with E-state index in [0.717, 1.165) is 18.1 Å². The lowest BCUT2D eigenvalue weighted by Crippen LogP contribution is -2.58. The molecule has 0 saturated carbocycles. The normalized spacial score (nSPS) is 19.1. The van der Waals surface area contributed by atoms with Gasteiger partial charge in [-0.15, -0.1) is 0 Å². The van der Waals surface area contributed by atoms with Gasteiger partial charge in [0.25, 0.3) is 0 Å². The predicted molar refractivity (Wildman–Crippen MR) is 81.6 cm³/mol. The lowest BCUT2D eigenvalue weighted by molar-refractivity contribution is -0.131. The summed E-state index contributed by atoms with van der Waals surface area (Å²) >= 11 is 7.30. The Kier molecular flexibility index (Phi) is 3.77. The van der Waals surface area contributed by atoms with E-state index in [4.69, 9.17) is 11.6 Å². The van der Waals surface area contributed by atoms with Crippen LogP contribution in [0.5, 0.6) is 0 Å². The molecule has 0 bridgehead atoms. The molecule has 1 aromatic heterocycles. The topological polar surface area (TPSA) is 75.2 Å². The number of anilines is 1. The quantitative estimate of drug-likeness (QED) is 0.936. The average molecular weight is 325 g/mol. The third-order valence-electron chi connectivity index (χ3n) is 3.40. The van der Waals surface area contributed by atoms with Crippen molar-refractivity contribution in [1.29, 1.82) is 0 Å². The molecule has 3 rings (SSSR count). The maximum atomic E-state index is 12.6. The highest BCUT2D eigenvalue weighted by molar-refractivity contribution is 7.00. The largest absolute Gasteiger partial charge is 0.343 e. The van der Waals surface area contributed by atoms with Crippen molar-refractivity contribution in [3.63, 3.8) is 0 Å². The molecule has 2 aromatic rings. The molecule has 1 aliphatic rings. The Morgan fingerprint density at radius 1 is 1.43 bits per heavy atom. The third kappa shape index (κ3) is 2.47. The van der Waals surface area contributed by atoms with E-state index in [9.17, 15) is 9.59 Å². The van der Waals surface area contributed by atoms with E-state index < -0.39 is 6.04 Å². The first-order chi connectivity index (χ1) is 10.1. The Morgan fingerprint density at radius 3 is 3.00 bits per heavy atom.